The highest BCUT2D eigenvalue weighted by atomic mass is 32.2. The summed E-state index contributed by atoms with van der Waals surface area (Å²) in [7, 11) is 0. The number of thioether (sulfide) groups is 1. The minimum Gasteiger partial charge on any atom is -0.465 e. The largest absolute Gasteiger partial charge is 0.465 e. The second-order valence-corrected chi connectivity index (χ2v) is 6.62. The van der Waals surface area contributed by atoms with Crippen LogP contribution in [0.15, 0.2) is 29.3 Å². The summed E-state index contributed by atoms with van der Waals surface area (Å²) in [5, 5.41) is 0.666. The number of para-hydroxylation sites is 1. The normalized spacial score (nSPS) is 33.0. The molecule has 1 amide bonds. The molecule has 5 nitrogen and oxygen atoms in total. The van der Waals surface area contributed by atoms with Crippen molar-refractivity contribution in [2.24, 2.45) is 10.9 Å². The number of hydrogen-bond acceptors (Lipinski definition) is 5. The molecule has 0 saturated carbocycles. The molecule has 0 spiro atoms. The van der Waals surface area contributed by atoms with E-state index in [1.807, 2.05) is 31.2 Å². The molecule has 1 aromatic rings. The second kappa shape index (κ2) is 4.10. The van der Waals surface area contributed by atoms with Crippen LogP contribution in [-0.4, -0.2) is 33.2 Å². The van der Waals surface area contributed by atoms with E-state index in [1.54, 1.807) is 11.8 Å². The third kappa shape index (κ3) is 1.62. The van der Waals surface area contributed by atoms with E-state index in [0.29, 0.717) is 16.7 Å². The first kappa shape index (κ1) is 12.9. The average Bonchev–Trinajstić information content (AvgIpc) is 2.77. The van der Waals surface area contributed by atoms with Crippen LogP contribution < -0.4 is 4.74 Å². The Balaban J connectivity index is 1.99. The van der Waals surface area contributed by atoms with Gasteiger partial charge in [0.05, 0.1) is 11.8 Å². The van der Waals surface area contributed by atoms with Crippen molar-refractivity contribution in [2.45, 2.75) is 25.6 Å². The molecular weight excluding hydrogens is 288 g/mol. The van der Waals surface area contributed by atoms with Gasteiger partial charge in [0.15, 0.2) is 5.17 Å². The summed E-state index contributed by atoms with van der Waals surface area (Å²) in [6.45, 7) is 3.37. The smallest absolute Gasteiger partial charge is 0.239 e. The van der Waals surface area contributed by atoms with E-state index in [0.717, 1.165) is 5.56 Å². The van der Waals surface area contributed by atoms with Crippen LogP contribution >= 0.6 is 11.8 Å². The van der Waals surface area contributed by atoms with Crippen LogP contribution in [0.1, 0.15) is 25.5 Å². The van der Waals surface area contributed by atoms with Gasteiger partial charge in [-0.3, -0.25) is 14.5 Å². The molecule has 1 saturated heterocycles. The fourth-order valence-corrected chi connectivity index (χ4v) is 4.47. The number of benzene rings is 1. The number of carbonyl (C=O) groups excluding carboxylic acids is 2. The Morgan fingerprint density at radius 3 is 3.00 bits per heavy atom. The Morgan fingerprint density at radius 1 is 1.48 bits per heavy atom. The number of aliphatic imine (C=N–C) groups is 1. The van der Waals surface area contributed by atoms with Crippen molar-refractivity contribution < 1.29 is 14.3 Å². The number of nitrogens with zero attached hydrogens (tertiary/aromatic N) is 2. The van der Waals surface area contributed by atoms with Gasteiger partial charge in [-0.2, -0.15) is 0 Å². The zero-order valence-corrected chi connectivity index (χ0v) is 12.5. The topological polar surface area (TPSA) is 59.0 Å². The Bertz CT molecular complexity index is 702. The zero-order valence-electron chi connectivity index (χ0n) is 11.7. The van der Waals surface area contributed by atoms with Crippen molar-refractivity contribution in [1.82, 2.24) is 4.90 Å². The molecule has 0 N–H and O–H groups in total. The number of ketones is 1. The van der Waals surface area contributed by atoms with Crippen LogP contribution in [0.3, 0.4) is 0 Å². The number of amidine groups is 1. The summed E-state index contributed by atoms with van der Waals surface area (Å²) in [5.74, 6) is 0.602. The number of amides is 1. The van der Waals surface area contributed by atoms with Crippen LogP contribution in [0.2, 0.25) is 0 Å². The molecule has 0 radical (unpaired) electrons. The van der Waals surface area contributed by atoms with E-state index in [-0.39, 0.29) is 17.7 Å². The third-order valence-corrected chi connectivity index (χ3v) is 5.22. The van der Waals surface area contributed by atoms with Crippen LogP contribution in [0.4, 0.5) is 0 Å². The van der Waals surface area contributed by atoms with Gasteiger partial charge in [-0.15, -0.1) is 0 Å². The van der Waals surface area contributed by atoms with Crippen molar-refractivity contribution in [3.05, 3.63) is 29.8 Å². The maximum absolute atomic E-state index is 12.3. The van der Waals surface area contributed by atoms with E-state index >= 15 is 0 Å². The maximum atomic E-state index is 12.3. The Hall–Kier alpha value is -1.82. The van der Waals surface area contributed by atoms with Gasteiger partial charge in [-0.05, 0) is 19.9 Å². The van der Waals surface area contributed by atoms with Crippen molar-refractivity contribution in [3.8, 4) is 5.75 Å². The molecular formula is C15H14N2O3S. The van der Waals surface area contributed by atoms with Gasteiger partial charge in [0.25, 0.3) is 0 Å². The number of rotatable bonds is 1. The fourth-order valence-electron chi connectivity index (χ4n) is 3.48. The second-order valence-electron chi connectivity index (χ2n) is 5.67. The first-order valence-corrected chi connectivity index (χ1v) is 7.83. The van der Waals surface area contributed by atoms with E-state index in [1.165, 1.54) is 11.8 Å². The Labute approximate surface area is 126 Å². The third-order valence-electron chi connectivity index (χ3n) is 4.28. The van der Waals surface area contributed by atoms with Crippen molar-refractivity contribution in [2.75, 3.05) is 5.75 Å². The number of hydrogen-bond donors (Lipinski definition) is 0. The van der Waals surface area contributed by atoms with Crippen LogP contribution in [0.5, 0.6) is 5.75 Å². The van der Waals surface area contributed by atoms with E-state index in [2.05, 4.69) is 4.99 Å². The van der Waals surface area contributed by atoms with Gasteiger partial charge in [-0.1, -0.05) is 30.0 Å². The number of ether oxygens (including phenoxy) is 1. The van der Waals surface area contributed by atoms with E-state index in [9.17, 15) is 9.59 Å². The lowest BCUT2D eigenvalue weighted by molar-refractivity contribution is -0.140. The fraction of sp³-hybridized carbons (Fsp3) is 0.400. The van der Waals surface area contributed by atoms with E-state index < -0.39 is 11.6 Å². The molecule has 3 aliphatic rings. The lowest BCUT2D eigenvalue weighted by atomic mass is 9.78. The Morgan fingerprint density at radius 2 is 2.24 bits per heavy atom. The van der Waals surface area contributed by atoms with Gasteiger partial charge >= 0.3 is 0 Å². The Kier molecular flexibility index (Phi) is 2.52. The van der Waals surface area contributed by atoms with Crippen molar-refractivity contribution in [3.63, 3.8) is 0 Å². The molecule has 3 heterocycles. The quantitative estimate of drug-likeness (QED) is 0.796. The average molecular weight is 302 g/mol. The van der Waals surface area contributed by atoms with Crippen molar-refractivity contribution in [1.29, 1.82) is 0 Å². The highest BCUT2D eigenvalue weighted by Crippen LogP contribution is 2.52. The highest BCUT2D eigenvalue weighted by molar-refractivity contribution is 8.15. The molecule has 3 aliphatic heterocycles. The first-order valence-electron chi connectivity index (χ1n) is 6.84. The van der Waals surface area contributed by atoms with Gasteiger partial charge < -0.3 is 4.74 Å². The zero-order chi connectivity index (χ0) is 14.8. The van der Waals surface area contributed by atoms with Gasteiger partial charge in [0.1, 0.15) is 17.5 Å². The number of Topliss-reactive ketones (excluding diaryl/α,β-unsaturated/α-hetero) is 1. The number of carbonyl (C=O) groups is 2. The SMILES string of the molecule is CC(=O)C1C2c3ccccc3OC1(C)N=C1SCC(=O)N12. The predicted molar refractivity (Wildman–Crippen MR) is 79.1 cm³/mol. The molecule has 108 valence electrons. The predicted octanol–water partition coefficient (Wildman–Crippen LogP) is 1.99. The van der Waals surface area contributed by atoms with Gasteiger partial charge in [0.2, 0.25) is 11.6 Å². The summed E-state index contributed by atoms with van der Waals surface area (Å²) in [6, 6.07) is 7.27. The van der Waals surface area contributed by atoms with Crippen LogP contribution in [-0.2, 0) is 9.59 Å². The van der Waals surface area contributed by atoms with E-state index in [4.69, 9.17) is 4.74 Å². The molecule has 1 fully saturated rings. The first-order chi connectivity index (χ1) is 10.0. The summed E-state index contributed by atoms with van der Waals surface area (Å²) >= 11 is 1.41. The minimum atomic E-state index is -0.936. The molecule has 21 heavy (non-hydrogen) atoms. The minimum absolute atomic E-state index is 0.00810. The summed E-state index contributed by atoms with van der Waals surface area (Å²) in [5.41, 5.74) is -0.0488. The molecule has 0 aromatic heterocycles. The lowest BCUT2D eigenvalue weighted by Crippen LogP contribution is -2.58. The molecule has 3 atom stereocenters. The standard InChI is InChI=1S/C15H14N2O3S/c1-8(18)12-13-9-5-3-4-6-10(9)20-15(12,2)16-14-17(13)11(19)7-21-14/h3-6,12-13H,7H2,1-2H3. The monoisotopic (exact) mass is 302 g/mol. The molecule has 0 aliphatic carbocycles. The van der Waals surface area contributed by atoms with Crippen LogP contribution in [0.25, 0.3) is 0 Å². The lowest BCUT2D eigenvalue weighted by Gasteiger charge is -2.49. The summed E-state index contributed by atoms with van der Waals surface area (Å²) in [4.78, 5) is 30.8. The highest BCUT2D eigenvalue weighted by Gasteiger charge is 2.58. The van der Waals surface area contributed by atoms with Crippen LogP contribution in [0, 0.1) is 5.92 Å². The van der Waals surface area contributed by atoms with Gasteiger partial charge in [0, 0.05) is 5.56 Å². The maximum Gasteiger partial charge on any atom is 0.239 e. The molecule has 6 heteroatoms. The molecule has 3 unspecified atom stereocenters. The number of fused-ring (bicyclic) bond motifs is 6. The summed E-state index contributed by atoms with van der Waals surface area (Å²) < 4.78 is 6.05. The molecule has 1 aromatic carbocycles. The molecule has 4 rings (SSSR count). The summed E-state index contributed by atoms with van der Waals surface area (Å²) in [6.07, 6.45) is 0. The van der Waals surface area contributed by atoms with Crippen molar-refractivity contribution >= 4 is 28.6 Å². The molecule has 2 bridgehead atoms. The van der Waals surface area contributed by atoms with Gasteiger partial charge in [-0.25, -0.2) is 4.99 Å².